The van der Waals surface area contributed by atoms with E-state index in [-0.39, 0.29) is 19.0 Å². The van der Waals surface area contributed by atoms with Gasteiger partial charge in [-0.3, -0.25) is 4.99 Å². The third kappa shape index (κ3) is 6.92. The first-order valence-corrected chi connectivity index (χ1v) is 10.3. The first kappa shape index (κ1) is 23.0. The number of rotatable bonds is 8. The second-order valence-electron chi connectivity index (χ2n) is 6.34. The monoisotopic (exact) mass is 401 g/mol. The van der Waals surface area contributed by atoms with Crippen molar-refractivity contribution in [2.75, 3.05) is 52.9 Å². The van der Waals surface area contributed by atoms with Crippen LogP contribution in [0.15, 0.2) is 4.99 Å². The van der Waals surface area contributed by atoms with Crippen molar-refractivity contribution >= 4 is 16.0 Å². The Kier molecular flexibility index (Phi) is 9.11. The minimum absolute atomic E-state index is 0.0726. The average Bonchev–Trinajstić information content (AvgIpc) is 2.58. The number of guanidine groups is 1. The molecule has 1 aliphatic rings. The Morgan fingerprint density at radius 1 is 1.23 bits per heavy atom. The van der Waals surface area contributed by atoms with Crippen LogP contribution in [-0.2, 0) is 10.0 Å². The highest BCUT2D eigenvalue weighted by molar-refractivity contribution is 7.90. The van der Waals surface area contributed by atoms with Crippen molar-refractivity contribution in [2.24, 2.45) is 10.9 Å². The fraction of sp³-hybridized carbons (Fsp3) is 0.933. The summed E-state index contributed by atoms with van der Waals surface area (Å²) >= 11 is 0. The summed E-state index contributed by atoms with van der Waals surface area (Å²) in [4.78, 5) is 6.64. The molecule has 0 aliphatic carbocycles. The van der Waals surface area contributed by atoms with Gasteiger partial charge < -0.3 is 15.5 Å². The van der Waals surface area contributed by atoms with E-state index >= 15 is 0 Å². The molecule has 1 rings (SSSR count). The van der Waals surface area contributed by atoms with E-state index in [1.165, 1.54) is 0 Å². The van der Waals surface area contributed by atoms with Crippen molar-refractivity contribution in [3.05, 3.63) is 0 Å². The molecule has 7 nitrogen and oxygen atoms in total. The maximum Gasteiger partial charge on any atom is 0.511 e. The number of hydrogen-bond donors (Lipinski definition) is 2. The zero-order valence-electron chi connectivity index (χ0n) is 15.6. The lowest BCUT2D eigenvalue weighted by molar-refractivity contribution is -0.0496. The van der Waals surface area contributed by atoms with Gasteiger partial charge in [0, 0.05) is 39.3 Å². The third-order valence-electron chi connectivity index (χ3n) is 4.38. The maximum atomic E-state index is 12.6. The maximum absolute atomic E-state index is 12.6. The summed E-state index contributed by atoms with van der Waals surface area (Å²) in [6, 6.07) is 0. The van der Waals surface area contributed by atoms with Crippen LogP contribution in [0.25, 0.3) is 0 Å². The minimum Gasteiger partial charge on any atom is -0.357 e. The van der Waals surface area contributed by atoms with Gasteiger partial charge in [0.15, 0.2) is 5.96 Å². The Bertz CT molecular complexity index is 546. The zero-order chi connectivity index (χ0) is 19.8. The molecule has 1 fully saturated rings. The number of likely N-dealkylation sites (N-methyl/N-ethyl adjacent to an activating group) is 1. The molecule has 0 aromatic heterocycles. The lowest BCUT2D eigenvalue weighted by atomic mass is 9.98. The number of alkyl halides is 3. The Morgan fingerprint density at radius 2 is 1.85 bits per heavy atom. The van der Waals surface area contributed by atoms with Gasteiger partial charge in [0.05, 0.1) is 0 Å². The number of sulfonamides is 1. The van der Waals surface area contributed by atoms with Gasteiger partial charge in [0.25, 0.3) is 0 Å². The van der Waals surface area contributed by atoms with Gasteiger partial charge in [0.1, 0.15) is 0 Å². The molecule has 2 N–H and O–H groups in total. The van der Waals surface area contributed by atoms with E-state index < -0.39 is 15.5 Å². The van der Waals surface area contributed by atoms with E-state index in [2.05, 4.69) is 27.4 Å². The molecule has 1 heterocycles. The van der Waals surface area contributed by atoms with Gasteiger partial charge in [-0.25, -0.2) is 8.42 Å². The van der Waals surface area contributed by atoms with Gasteiger partial charge >= 0.3 is 15.5 Å². The molecule has 0 aromatic rings. The van der Waals surface area contributed by atoms with Crippen LogP contribution in [0.4, 0.5) is 13.2 Å². The number of nitrogens with zero attached hydrogens (tertiary/aromatic N) is 3. The predicted octanol–water partition coefficient (Wildman–Crippen LogP) is 1.05. The molecule has 1 aliphatic heterocycles. The third-order valence-corrected chi connectivity index (χ3v) is 6.01. The van der Waals surface area contributed by atoms with E-state index in [9.17, 15) is 21.6 Å². The number of aliphatic imine (C=N–C) groups is 1. The van der Waals surface area contributed by atoms with Gasteiger partial charge in [-0.1, -0.05) is 6.92 Å². The Balaban J connectivity index is 2.50. The van der Waals surface area contributed by atoms with E-state index in [4.69, 9.17) is 0 Å². The summed E-state index contributed by atoms with van der Waals surface area (Å²) in [6.07, 6.45) is 0.744. The molecule has 26 heavy (non-hydrogen) atoms. The van der Waals surface area contributed by atoms with Crippen LogP contribution in [0.3, 0.4) is 0 Å². The van der Waals surface area contributed by atoms with Crippen LogP contribution >= 0.6 is 0 Å². The quantitative estimate of drug-likeness (QED) is 0.470. The Morgan fingerprint density at radius 3 is 2.35 bits per heavy atom. The molecular weight excluding hydrogens is 371 g/mol. The highest BCUT2D eigenvalue weighted by atomic mass is 32.2. The van der Waals surface area contributed by atoms with Crippen molar-refractivity contribution in [3.63, 3.8) is 0 Å². The predicted molar refractivity (Wildman–Crippen MR) is 96.4 cm³/mol. The van der Waals surface area contributed by atoms with E-state index in [1.54, 1.807) is 0 Å². The van der Waals surface area contributed by atoms with Crippen molar-refractivity contribution in [1.82, 2.24) is 19.8 Å². The Labute approximate surface area is 154 Å². The molecule has 0 amide bonds. The number of hydrogen-bond acceptors (Lipinski definition) is 4. The molecule has 0 aromatic carbocycles. The fourth-order valence-electron chi connectivity index (χ4n) is 2.56. The van der Waals surface area contributed by atoms with E-state index in [0.717, 1.165) is 19.6 Å². The molecule has 0 spiro atoms. The normalized spacial score (nSPS) is 18.3. The van der Waals surface area contributed by atoms with Crippen LogP contribution in [-0.4, -0.2) is 82.0 Å². The standard InChI is InChI=1S/C15H30F3N5O2S/c1-4-19-14(20-8-11-22(3)5-2)21-12-13-6-9-23(10-7-13)26(24,25)15(16,17)18/h13H,4-12H2,1-3H3,(H2,19,20,21). The molecular formula is C15H30F3N5O2S. The highest BCUT2D eigenvalue weighted by Crippen LogP contribution is 2.30. The molecule has 0 atom stereocenters. The number of piperidine rings is 1. The lowest BCUT2D eigenvalue weighted by Gasteiger charge is -2.30. The van der Waals surface area contributed by atoms with Gasteiger partial charge in [-0.05, 0) is 39.3 Å². The summed E-state index contributed by atoms with van der Waals surface area (Å²) in [7, 11) is -3.20. The smallest absolute Gasteiger partial charge is 0.357 e. The van der Waals surface area contributed by atoms with Crippen molar-refractivity contribution in [2.45, 2.75) is 32.2 Å². The van der Waals surface area contributed by atoms with E-state index in [1.807, 2.05) is 14.0 Å². The minimum atomic E-state index is -5.23. The highest BCUT2D eigenvalue weighted by Gasteiger charge is 2.50. The zero-order valence-corrected chi connectivity index (χ0v) is 16.5. The molecule has 0 unspecified atom stereocenters. The number of nitrogens with one attached hydrogen (secondary N) is 2. The van der Waals surface area contributed by atoms with Gasteiger partial charge in [-0.2, -0.15) is 17.5 Å². The van der Waals surface area contributed by atoms with Crippen LogP contribution in [0.1, 0.15) is 26.7 Å². The SMILES string of the molecule is CCNC(=NCC1CCN(S(=O)(=O)C(F)(F)F)CC1)NCCN(C)CC. The largest absolute Gasteiger partial charge is 0.511 e. The van der Waals surface area contributed by atoms with Crippen molar-refractivity contribution < 1.29 is 21.6 Å². The molecule has 154 valence electrons. The molecule has 11 heteroatoms. The first-order chi connectivity index (χ1) is 12.1. The second-order valence-corrected chi connectivity index (χ2v) is 8.26. The van der Waals surface area contributed by atoms with E-state index in [0.29, 0.717) is 36.2 Å². The second kappa shape index (κ2) is 10.3. The summed E-state index contributed by atoms with van der Waals surface area (Å²) in [6.45, 7) is 7.51. The first-order valence-electron chi connectivity index (χ1n) is 8.89. The molecule has 1 saturated heterocycles. The van der Waals surface area contributed by atoms with Crippen molar-refractivity contribution in [3.8, 4) is 0 Å². The Hall–Kier alpha value is -1.07. The van der Waals surface area contributed by atoms with Gasteiger partial charge in [-0.15, -0.1) is 0 Å². The summed E-state index contributed by atoms with van der Waals surface area (Å²) < 4.78 is 61.1. The topological polar surface area (TPSA) is 77.0 Å². The lowest BCUT2D eigenvalue weighted by Crippen LogP contribution is -2.45. The van der Waals surface area contributed by atoms with Gasteiger partial charge in [0.2, 0.25) is 0 Å². The average molecular weight is 401 g/mol. The molecule has 0 saturated carbocycles. The van der Waals surface area contributed by atoms with Crippen LogP contribution in [0.2, 0.25) is 0 Å². The van der Waals surface area contributed by atoms with Crippen LogP contribution in [0, 0.1) is 5.92 Å². The molecule has 0 radical (unpaired) electrons. The number of halogens is 3. The summed E-state index contributed by atoms with van der Waals surface area (Å²) in [5, 5.41) is 6.35. The van der Waals surface area contributed by atoms with Crippen molar-refractivity contribution in [1.29, 1.82) is 0 Å². The summed E-state index contributed by atoms with van der Waals surface area (Å²) in [5.41, 5.74) is -5.23. The van der Waals surface area contributed by atoms with Crippen LogP contribution in [0.5, 0.6) is 0 Å². The van der Waals surface area contributed by atoms with Crippen LogP contribution < -0.4 is 10.6 Å². The fourth-order valence-corrected chi connectivity index (χ4v) is 3.55. The molecule has 0 bridgehead atoms. The summed E-state index contributed by atoms with van der Waals surface area (Å²) in [5.74, 6) is 0.741.